The van der Waals surface area contributed by atoms with Crippen LogP contribution in [0.4, 0.5) is 0 Å². The van der Waals surface area contributed by atoms with Crippen molar-refractivity contribution in [2.45, 2.75) is 39.0 Å². The summed E-state index contributed by atoms with van der Waals surface area (Å²) in [7, 11) is 1.44. The van der Waals surface area contributed by atoms with E-state index in [0.717, 1.165) is 25.7 Å². The quantitative estimate of drug-likeness (QED) is 0.706. The number of methoxy groups -OCH3 is 1. The second kappa shape index (κ2) is 4.78. The fraction of sp³-hybridized carbons (Fsp3) is 0.909. The van der Waals surface area contributed by atoms with Crippen LogP contribution in [0.5, 0.6) is 0 Å². The first-order chi connectivity index (χ1) is 6.65. The second-order valence-corrected chi connectivity index (χ2v) is 4.36. The molecule has 2 unspecified atom stereocenters. The highest BCUT2D eigenvalue weighted by atomic mass is 16.5. The van der Waals surface area contributed by atoms with Crippen molar-refractivity contribution in [3.63, 3.8) is 0 Å². The Labute approximate surface area is 85.5 Å². The van der Waals surface area contributed by atoms with Gasteiger partial charge in [-0.2, -0.15) is 0 Å². The van der Waals surface area contributed by atoms with Crippen LogP contribution in [-0.4, -0.2) is 24.8 Å². The maximum absolute atomic E-state index is 11.7. The zero-order chi connectivity index (χ0) is 10.6. The number of aliphatic hydroxyl groups is 1. The van der Waals surface area contributed by atoms with E-state index in [1.54, 1.807) is 0 Å². The lowest BCUT2D eigenvalue weighted by atomic mass is 9.66. The summed E-state index contributed by atoms with van der Waals surface area (Å²) in [5, 5.41) is 8.95. The summed E-state index contributed by atoms with van der Waals surface area (Å²) in [6.45, 7) is 2.13. The minimum atomic E-state index is -0.365. The zero-order valence-electron chi connectivity index (χ0n) is 9.08. The van der Waals surface area contributed by atoms with E-state index >= 15 is 0 Å². The van der Waals surface area contributed by atoms with E-state index in [1.807, 2.05) is 6.92 Å². The van der Waals surface area contributed by atoms with Crippen LogP contribution in [0.1, 0.15) is 39.0 Å². The Morgan fingerprint density at radius 2 is 2.29 bits per heavy atom. The second-order valence-electron chi connectivity index (χ2n) is 4.36. The van der Waals surface area contributed by atoms with E-state index in [1.165, 1.54) is 7.11 Å². The predicted octanol–water partition coefficient (Wildman–Crippen LogP) is 1.74. The van der Waals surface area contributed by atoms with Crippen LogP contribution >= 0.6 is 0 Å². The fourth-order valence-corrected chi connectivity index (χ4v) is 2.53. The van der Waals surface area contributed by atoms with Crippen molar-refractivity contribution >= 4 is 5.97 Å². The molecule has 0 aromatic rings. The molecule has 0 bridgehead atoms. The molecule has 3 nitrogen and oxygen atoms in total. The van der Waals surface area contributed by atoms with E-state index in [9.17, 15) is 4.79 Å². The van der Waals surface area contributed by atoms with Crippen LogP contribution in [0.25, 0.3) is 0 Å². The summed E-state index contributed by atoms with van der Waals surface area (Å²) in [4.78, 5) is 11.7. The molecule has 3 heteroatoms. The average molecular weight is 200 g/mol. The van der Waals surface area contributed by atoms with Gasteiger partial charge in [0.15, 0.2) is 0 Å². The molecule has 1 fully saturated rings. The van der Waals surface area contributed by atoms with Crippen LogP contribution in [0.15, 0.2) is 0 Å². The van der Waals surface area contributed by atoms with E-state index < -0.39 is 0 Å². The van der Waals surface area contributed by atoms with Gasteiger partial charge in [0, 0.05) is 6.61 Å². The van der Waals surface area contributed by atoms with Crippen LogP contribution in [-0.2, 0) is 9.53 Å². The minimum absolute atomic E-state index is 0.115. The molecule has 14 heavy (non-hydrogen) atoms. The van der Waals surface area contributed by atoms with Gasteiger partial charge in [-0.25, -0.2) is 0 Å². The number of rotatable bonds is 3. The van der Waals surface area contributed by atoms with Crippen molar-refractivity contribution in [3.8, 4) is 0 Å². The van der Waals surface area contributed by atoms with Gasteiger partial charge in [-0.3, -0.25) is 4.79 Å². The maximum Gasteiger partial charge on any atom is 0.311 e. The summed E-state index contributed by atoms with van der Waals surface area (Å²) in [6, 6.07) is 0. The molecule has 82 valence electrons. The molecule has 1 rings (SSSR count). The molecule has 1 saturated carbocycles. The predicted molar refractivity (Wildman–Crippen MR) is 53.8 cm³/mol. The minimum Gasteiger partial charge on any atom is -0.469 e. The third-order valence-electron chi connectivity index (χ3n) is 3.53. The topological polar surface area (TPSA) is 46.5 Å². The summed E-state index contributed by atoms with van der Waals surface area (Å²) in [6.07, 6.45) is 4.90. The third-order valence-corrected chi connectivity index (χ3v) is 3.53. The Morgan fingerprint density at radius 3 is 2.86 bits per heavy atom. The lowest BCUT2D eigenvalue weighted by molar-refractivity contribution is -0.158. The average Bonchev–Trinajstić information content (AvgIpc) is 2.20. The molecule has 1 N–H and O–H groups in total. The Balaban J connectivity index is 2.73. The first kappa shape index (κ1) is 11.5. The number of carbonyl (C=O) groups is 1. The first-order valence-electron chi connectivity index (χ1n) is 5.34. The van der Waals surface area contributed by atoms with Crippen LogP contribution in [0.3, 0.4) is 0 Å². The molecule has 0 aromatic carbocycles. The van der Waals surface area contributed by atoms with Crippen molar-refractivity contribution in [1.29, 1.82) is 0 Å². The highest BCUT2D eigenvalue weighted by Gasteiger charge is 2.43. The zero-order valence-corrected chi connectivity index (χ0v) is 9.08. The van der Waals surface area contributed by atoms with E-state index in [4.69, 9.17) is 9.84 Å². The van der Waals surface area contributed by atoms with Crippen molar-refractivity contribution < 1.29 is 14.6 Å². The largest absolute Gasteiger partial charge is 0.469 e. The fourth-order valence-electron chi connectivity index (χ4n) is 2.53. The number of hydrogen-bond acceptors (Lipinski definition) is 3. The van der Waals surface area contributed by atoms with Crippen molar-refractivity contribution in [2.75, 3.05) is 13.7 Å². The van der Waals surface area contributed by atoms with Crippen LogP contribution in [0, 0.1) is 11.3 Å². The molecule has 0 saturated heterocycles. The molecule has 0 amide bonds. The van der Waals surface area contributed by atoms with Crippen LogP contribution in [0.2, 0.25) is 0 Å². The monoisotopic (exact) mass is 200 g/mol. The SMILES string of the molecule is COC(=O)C1(C)CCCCC1CCO. The molecule has 1 aliphatic carbocycles. The van der Waals surface area contributed by atoms with Crippen molar-refractivity contribution in [3.05, 3.63) is 0 Å². The summed E-state index contributed by atoms with van der Waals surface area (Å²) >= 11 is 0. The number of aliphatic hydroxyl groups excluding tert-OH is 1. The lowest BCUT2D eigenvalue weighted by Gasteiger charge is -2.38. The Morgan fingerprint density at radius 1 is 1.57 bits per heavy atom. The first-order valence-corrected chi connectivity index (χ1v) is 5.34. The van der Waals surface area contributed by atoms with Gasteiger partial charge < -0.3 is 9.84 Å². The highest BCUT2D eigenvalue weighted by molar-refractivity contribution is 5.76. The van der Waals surface area contributed by atoms with Gasteiger partial charge in [0.2, 0.25) is 0 Å². The molecule has 0 radical (unpaired) electrons. The summed E-state index contributed by atoms with van der Waals surface area (Å²) in [5.41, 5.74) is -0.365. The standard InChI is InChI=1S/C11H20O3/c1-11(10(13)14-2)7-4-3-5-9(11)6-8-12/h9,12H,3-8H2,1-2H3. The smallest absolute Gasteiger partial charge is 0.311 e. The molecule has 2 atom stereocenters. The van der Waals surface area contributed by atoms with Crippen molar-refractivity contribution in [2.24, 2.45) is 11.3 Å². The Kier molecular flexibility index (Phi) is 3.93. The van der Waals surface area contributed by atoms with Gasteiger partial charge >= 0.3 is 5.97 Å². The number of esters is 1. The number of carbonyl (C=O) groups excluding carboxylic acids is 1. The maximum atomic E-state index is 11.7. The van der Waals surface area contributed by atoms with E-state index in [-0.39, 0.29) is 23.9 Å². The highest BCUT2D eigenvalue weighted by Crippen LogP contribution is 2.43. The van der Waals surface area contributed by atoms with Gasteiger partial charge in [-0.1, -0.05) is 12.8 Å². The molecular weight excluding hydrogens is 180 g/mol. The molecular formula is C11H20O3. The Hall–Kier alpha value is -0.570. The van der Waals surface area contributed by atoms with E-state index in [2.05, 4.69) is 0 Å². The molecule has 0 aliphatic heterocycles. The number of hydrogen-bond donors (Lipinski definition) is 1. The summed E-state index contributed by atoms with van der Waals surface area (Å²) < 4.78 is 4.85. The van der Waals surface area contributed by atoms with Gasteiger partial charge in [0.25, 0.3) is 0 Å². The molecule has 0 aromatic heterocycles. The lowest BCUT2D eigenvalue weighted by Crippen LogP contribution is -2.39. The third kappa shape index (κ3) is 2.08. The molecule has 1 aliphatic rings. The van der Waals surface area contributed by atoms with Gasteiger partial charge in [-0.15, -0.1) is 0 Å². The Bertz CT molecular complexity index is 201. The van der Waals surface area contributed by atoms with Crippen LogP contribution < -0.4 is 0 Å². The van der Waals surface area contributed by atoms with Crippen molar-refractivity contribution in [1.82, 2.24) is 0 Å². The molecule has 0 spiro atoms. The summed E-state index contributed by atoms with van der Waals surface area (Å²) in [5.74, 6) is 0.171. The van der Waals surface area contributed by atoms with Gasteiger partial charge in [0.1, 0.15) is 0 Å². The number of ether oxygens (including phenoxy) is 1. The van der Waals surface area contributed by atoms with Gasteiger partial charge in [-0.05, 0) is 32.1 Å². The molecule has 0 heterocycles. The van der Waals surface area contributed by atoms with Gasteiger partial charge in [0.05, 0.1) is 12.5 Å². The van der Waals surface area contributed by atoms with E-state index in [0.29, 0.717) is 6.42 Å². The normalized spacial score (nSPS) is 32.6.